The summed E-state index contributed by atoms with van der Waals surface area (Å²) in [5.74, 6) is 0.490. The minimum absolute atomic E-state index is 0.0266. The average Bonchev–Trinajstić information content (AvgIpc) is 3.27. The van der Waals surface area contributed by atoms with Gasteiger partial charge in [-0.05, 0) is 35.7 Å². The molecule has 124 valence electrons. The van der Waals surface area contributed by atoms with Crippen molar-refractivity contribution in [1.82, 2.24) is 4.98 Å². The van der Waals surface area contributed by atoms with Gasteiger partial charge in [0, 0.05) is 5.56 Å². The number of para-hydroxylation sites is 2. The Morgan fingerprint density at radius 2 is 1.84 bits per heavy atom. The van der Waals surface area contributed by atoms with Gasteiger partial charge in [-0.3, -0.25) is 4.79 Å². The lowest BCUT2D eigenvalue weighted by Crippen LogP contribution is -2.19. The minimum atomic E-state index is -0.186. The molecule has 1 N–H and O–H groups in total. The summed E-state index contributed by atoms with van der Waals surface area (Å²) in [6, 6.07) is 19.3. The van der Waals surface area contributed by atoms with Crippen LogP contribution < -0.4 is 10.1 Å². The predicted octanol–water partition coefficient (Wildman–Crippen LogP) is 5.04. The zero-order valence-electron chi connectivity index (χ0n) is 13.1. The Kier molecular flexibility index (Phi) is 4.45. The minimum Gasteiger partial charge on any atom is -0.484 e. The summed E-state index contributed by atoms with van der Waals surface area (Å²) in [7, 11) is 0. The zero-order valence-corrected chi connectivity index (χ0v) is 14.8. The summed E-state index contributed by atoms with van der Waals surface area (Å²) in [6.07, 6.45) is 0. The molecule has 0 unspecified atom stereocenters. The lowest BCUT2D eigenvalue weighted by atomic mass is 10.3. The highest BCUT2D eigenvalue weighted by Gasteiger charge is 2.14. The van der Waals surface area contributed by atoms with Crippen molar-refractivity contribution in [1.29, 1.82) is 0 Å². The van der Waals surface area contributed by atoms with E-state index < -0.39 is 0 Å². The molecule has 0 aliphatic heterocycles. The Morgan fingerprint density at radius 1 is 1.04 bits per heavy atom. The number of carbonyl (C=O) groups is 1. The van der Waals surface area contributed by atoms with Gasteiger partial charge in [0.15, 0.2) is 6.61 Å². The average molecular weight is 366 g/mol. The van der Waals surface area contributed by atoms with Crippen molar-refractivity contribution in [3.63, 3.8) is 0 Å². The molecule has 0 radical (unpaired) electrons. The summed E-state index contributed by atoms with van der Waals surface area (Å²) >= 11 is 3.10. The van der Waals surface area contributed by atoms with Crippen molar-refractivity contribution >= 4 is 43.8 Å². The molecule has 6 heteroatoms. The highest BCUT2D eigenvalue weighted by Crippen LogP contribution is 2.37. The fourth-order valence-corrected chi connectivity index (χ4v) is 4.26. The van der Waals surface area contributed by atoms with Gasteiger partial charge in [0.25, 0.3) is 5.91 Å². The number of thiophene rings is 1. The highest BCUT2D eigenvalue weighted by atomic mass is 32.1. The number of thiazole rings is 1. The number of hydrogen-bond donors (Lipinski definition) is 1. The van der Waals surface area contributed by atoms with Crippen LogP contribution in [0, 0.1) is 0 Å². The van der Waals surface area contributed by atoms with Crippen molar-refractivity contribution in [3.8, 4) is 16.3 Å². The van der Waals surface area contributed by atoms with E-state index in [1.54, 1.807) is 11.3 Å². The predicted molar refractivity (Wildman–Crippen MR) is 103 cm³/mol. The van der Waals surface area contributed by atoms with Gasteiger partial charge in [0.1, 0.15) is 15.8 Å². The van der Waals surface area contributed by atoms with Crippen molar-refractivity contribution in [3.05, 3.63) is 66.0 Å². The first kappa shape index (κ1) is 15.8. The summed E-state index contributed by atoms with van der Waals surface area (Å²) < 4.78 is 6.62. The van der Waals surface area contributed by atoms with Gasteiger partial charge < -0.3 is 10.1 Å². The Bertz CT molecular complexity index is 975. The number of ether oxygens (including phenoxy) is 1. The van der Waals surface area contributed by atoms with Gasteiger partial charge >= 0.3 is 0 Å². The van der Waals surface area contributed by atoms with Crippen LogP contribution in [0.25, 0.3) is 20.8 Å². The molecule has 2 aromatic carbocycles. The molecule has 4 aromatic rings. The van der Waals surface area contributed by atoms with Crippen molar-refractivity contribution < 1.29 is 9.53 Å². The quantitative estimate of drug-likeness (QED) is 0.538. The van der Waals surface area contributed by atoms with Gasteiger partial charge in [-0.2, -0.15) is 0 Å². The van der Waals surface area contributed by atoms with Gasteiger partial charge in [0.2, 0.25) is 0 Å². The third kappa shape index (κ3) is 3.55. The second kappa shape index (κ2) is 7.04. The van der Waals surface area contributed by atoms with E-state index in [1.807, 2.05) is 60.0 Å². The first-order valence-corrected chi connectivity index (χ1v) is 9.40. The molecule has 0 spiro atoms. The Balaban J connectivity index is 1.48. The van der Waals surface area contributed by atoms with Crippen molar-refractivity contribution in [2.75, 3.05) is 11.9 Å². The van der Waals surface area contributed by atoms with E-state index in [0.29, 0.717) is 5.75 Å². The Morgan fingerprint density at radius 3 is 2.68 bits per heavy atom. The van der Waals surface area contributed by atoms with E-state index in [2.05, 4.69) is 16.4 Å². The normalized spacial score (nSPS) is 10.7. The monoisotopic (exact) mass is 366 g/mol. The lowest BCUT2D eigenvalue weighted by molar-refractivity contribution is -0.118. The highest BCUT2D eigenvalue weighted by molar-refractivity contribution is 7.22. The molecular formula is C19H14N2O2S2. The number of nitrogens with zero attached hydrogens (tertiary/aromatic N) is 1. The van der Waals surface area contributed by atoms with Gasteiger partial charge in [0.05, 0.1) is 10.2 Å². The van der Waals surface area contributed by atoms with Crippen LogP contribution in [0.3, 0.4) is 0 Å². The number of fused-ring (bicyclic) bond motifs is 1. The fourth-order valence-electron chi connectivity index (χ4n) is 2.39. The number of amides is 1. The molecule has 4 rings (SSSR count). The molecular weight excluding hydrogens is 352 g/mol. The molecule has 0 aliphatic carbocycles. The molecule has 1 amide bonds. The van der Waals surface area contributed by atoms with Gasteiger partial charge in [-0.15, -0.1) is 22.7 Å². The molecule has 0 bridgehead atoms. The molecule has 2 heterocycles. The van der Waals surface area contributed by atoms with Crippen molar-refractivity contribution in [2.45, 2.75) is 0 Å². The summed E-state index contributed by atoms with van der Waals surface area (Å²) in [6.45, 7) is -0.0266. The Labute approximate surface area is 152 Å². The first-order valence-electron chi connectivity index (χ1n) is 7.71. The summed E-state index contributed by atoms with van der Waals surface area (Å²) in [5, 5.41) is 6.58. The van der Waals surface area contributed by atoms with E-state index in [-0.39, 0.29) is 12.5 Å². The molecule has 25 heavy (non-hydrogen) atoms. The number of anilines is 1. The van der Waals surface area contributed by atoms with Crippen LogP contribution in [0.15, 0.2) is 66.0 Å². The third-order valence-corrected chi connectivity index (χ3v) is 5.46. The Hall–Kier alpha value is -2.70. The van der Waals surface area contributed by atoms with Gasteiger partial charge in [-0.1, -0.05) is 30.3 Å². The maximum absolute atomic E-state index is 12.2. The molecule has 4 nitrogen and oxygen atoms in total. The first-order chi connectivity index (χ1) is 12.3. The smallest absolute Gasteiger partial charge is 0.262 e. The summed E-state index contributed by atoms with van der Waals surface area (Å²) in [4.78, 5) is 16.9. The molecule has 0 atom stereocenters. The number of carbonyl (C=O) groups excluding carboxylic acids is 1. The van der Waals surface area contributed by atoms with Crippen LogP contribution in [0.2, 0.25) is 0 Å². The maximum Gasteiger partial charge on any atom is 0.262 e. The second-order valence-corrected chi connectivity index (χ2v) is 7.25. The fraction of sp³-hybridized carbons (Fsp3) is 0.0526. The molecule has 0 saturated carbocycles. The second-order valence-electron chi connectivity index (χ2n) is 5.30. The number of hydrogen-bond acceptors (Lipinski definition) is 5. The number of benzene rings is 2. The van der Waals surface area contributed by atoms with Crippen LogP contribution in [0.1, 0.15) is 0 Å². The lowest BCUT2D eigenvalue weighted by Gasteiger charge is -2.07. The van der Waals surface area contributed by atoms with Crippen LogP contribution in [-0.4, -0.2) is 17.5 Å². The number of rotatable bonds is 5. The number of nitrogens with one attached hydrogen (secondary N) is 1. The van der Waals surface area contributed by atoms with Crippen LogP contribution in [0.5, 0.6) is 5.75 Å². The maximum atomic E-state index is 12.2. The van der Waals surface area contributed by atoms with E-state index >= 15 is 0 Å². The molecule has 2 aromatic heterocycles. The largest absolute Gasteiger partial charge is 0.484 e. The van der Waals surface area contributed by atoms with Gasteiger partial charge in [-0.25, -0.2) is 4.98 Å². The van der Waals surface area contributed by atoms with Crippen LogP contribution >= 0.6 is 22.7 Å². The number of aromatic nitrogens is 1. The van der Waals surface area contributed by atoms with Crippen LogP contribution in [0.4, 0.5) is 5.00 Å². The zero-order chi connectivity index (χ0) is 17.1. The van der Waals surface area contributed by atoms with Crippen molar-refractivity contribution in [2.24, 2.45) is 0 Å². The third-order valence-electron chi connectivity index (χ3n) is 3.56. The molecule has 0 fully saturated rings. The topological polar surface area (TPSA) is 51.2 Å². The molecule has 0 aliphatic rings. The van der Waals surface area contributed by atoms with E-state index in [9.17, 15) is 4.79 Å². The van der Waals surface area contributed by atoms with E-state index in [4.69, 9.17) is 4.74 Å². The SMILES string of the molecule is O=C(COc1ccccc1)Nc1sccc1-c1nc2ccccc2s1. The van der Waals surface area contributed by atoms with E-state index in [1.165, 1.54) is 11.3 Å². The summed E-state index contributed by atoms with van der Waals surface area (Å²) in [5.41, 5.74) is 1.91. The van der Waals surface area contributed by atoms with Crippen LogP contribution in [-0.2, 0) is 4.79 Å². The standard InChI is InChI=1S/C19H14N2O2S2/c22-17(12-23-13-6-2-1-3-7-13)21-18-14(10-11-24-18)19-20-15-8-4-5-9-16(15)25-19/h1-11H,12H2,(H,21,22). The molecule has 0 saturated heterocycles. The van der Waals surface area contributed by atoms with E-state index in [0.717, 1.165) is 25.8 Å².